The second-order valence-corrected chi connectivity index (χ2v) is 7.91. The molecular weight excluding hydrogens is 318 g/mol. The van der Waals surface area contributed by atoms with Crippen LogP contribution in [0.5, 0.6) is 0 Å². The highest BCUT2D eigenvalue weighted by molar-refractivity contribution is 7.84. The summed E-state index contributed by atoms with van der Waals surface area (Å²) < 4.78 is 12.2. The van der Waals surface area contributed by atoms with Gasteiger partial charge in [0, 0.05) is 28.9 Å². The molecule has 126 valence electrons. The Bertz CT molecular complexity index is 696. The van der Waals surface area contributed by atoms with Crippen LogP contribution in [0.1, 0.15) is 30.4 Å². The van der Waals surface area contributed by atoms with Crippen LogP contribution in [0.3, 0.4) is 0 Å². The number of carbonyl (C=O) groups excluding carboxylic acids is 1. The van der Waals surface area contributed by atoms with Gasteiger partial charge in [0.2, 0.25) is 5.91 Å². The Labute approximate surface area is 145 Å². The first-order valence-corrected chi connectivity index (χ1v) is 9.92. The van der Waals surface area contributed by atoms with E-state index < -0.39 is 10.8 Å². The van der Waals surface area contributed by atoms with Gasteiger partial charge in [-0.15, -0.1) is 0 Å². The Balaban J connectivity index is 1.51. The highest BCUT2D eigenvalue weighted by Crippen LogP contribution is 2.43. The Morgan fingerprint density at radius 2 is 1.62 bits per heavy atom. The molecule has 0 aliphatic heterocycles. The molecule has 1 aliphatic rings. The van der Waals surface area contributed by atoms with Gasteiger partial charge in [-0.2, -0.15) is 0 Å². The van der Waals surface area contributed by atoms with E-state index in [2.05, 4.69) is 5.32 Å². The van der Waals surface area contributed by atoms with Gasteiger partial charge < -0.3 is 5.32 Å². The fourth-order valence-corrected chi connectivity index (χ4v) is 4.25. The summed E-state index contributed by atoms with van der Waals surface area (Å²) in [6.45, 7) is 0.465. The van der Waals surface area contributed by atoms with Crippen molar-refractivity contribution in [3.8, 4) is 0 Å². The van der Waals surface area contributed by atoms with Crippen LogP contribution < -0.4 is 5.32 Å². The summed E-state index contributed by atoms with van der Waals surface area (Å²) in [5, 5.41) is 3.01. The third kappa shape index (κ3) is 3.75. The van der Waals surface area contributed by atoms with Gasteiger partial charge >= 0.3 is 0 Å². The maximum absolute atomic E-state index is 12.7. The quantitative estimate of drug-likeness (QED) is 0.841. The monoisotopic (exact) mass is 341 g/mol. The standard InChI is InChI=1S/C20H23NO2S/c22-19(20(12-7-13-20)18-10-5-2-6-11-18)21-14-15-24(23)16-17-8-3-1-4-9-17/h1-6,8-11H,7,12-16H2,(H,21,22)/t24-/m0/s1. The Kier molecular flexibility index (Phi) is 5.46. The van der Waals surface area contributed by atoms with Crippen LogP contribution in [0.2, 0.25) is 0 Å². The molecule has 1 aliphatic carbocycles. The van der Waals surface area contributed by atoms with Crippen molar-refractivity contribution in [3.63, 3.8) is 0 Å². The molecule has 0 heterocycles. The van der Waals surface area contributed by atoms with Crippen molar-refractivity contribution in [3.05, 3.63) is 71.8 Å². The molecule has 0 radical (unpaired) electrons. The van der Waals surface area contributed by atoms with Gasteiger partial charge in [-0.3, -0.25) is 9.00 Å². The first kappa shape index (κ1) is 16.9. The molecule has 0 bridgehead atoms. The number of nitrogens with one attached hydrogen (secondary N) is 1. The predicted octanol–water partition coefficient (Wildman–Crippen LogP) is 3.17. The normalized spacial score (nSPS) is 16.8. The number of benzene rings is 2. The second kappa shape index (κ2) is 7.75. The van der Waals surface area contributed by atoms with E-state index in [4.69, 9.17) is 0 Å². The molecule has 1 atom stereocenters. The second-order valence-electron chi connectivity index (χ2n) is 6.33. The van der Waals surface area contributed by atoms with E-state index in [1.807, 2.05) is 60.7 Å². The van der Waals surface area contributed by atoms with E-state index in [9.17, 15) is 9.00 Å². The summed E-state index contributed by atoms with van der Waals surface area (Å²) in [4.78, 5) is 12.7. The Hall–Kier alpha value is -1.94. The minimum Gasteiger partial charge on any atom is -0.354 e. The summed E-state index contributed by atoms with van der Waals surface area (Å²) in [6.07, 6.45) is 2.88. The van der Waals surface area contributed by atoms with Gasteiger partial charge in [0.15, 0.2) is 0 Å². The molecule has 1 amide bonds. The molecule has 2 aromatic rings. The lowest BCUT2D eigenvalue weighted by molar-refractivity contribution is -0.129. The molecule has 2 aromatic carbocycles. The smallest absolute Gasteiger partial charge is 0.230 e. The number of carbonyl (C=O) groups is 1. The van der Waals surface area contributed by atoms with Crippen LogP contribution in [0.4, 0.5) is 0 Å². The number of amides is 1. The maximum atomic E-state index is 12.7. The molecule has 1 saturated carbocycles. The molecule has 0 aromatic heterocycles. The van der Waals surface area contributed by atoms with Gasteiger partial charge in [0.25, 0.3) is 0 Å². The molecule has 0 spiro atoms. The summed E-state index contributed by atoms with van der Waals surface area (Å²) in [7, 11) is -0.957. The average molecular weight is 341 g/mol. The third-order valence-electron chi connectivity index (χ3n) is 4.75. The molecular formula is C20H23NO2S. The minimum absolute atomic E-state index is 0.0802. The minimum atomic E-state index is -0.957. The van der Waals surface area contributed by atoms with Crippen molar-refractivity contribution in [1.82, 2.24) is 5.32 Å². The number of hydrogen-bond acceptors (Lipinski definition) is 2. The summed E-state index contributed by atoms with van der Waals surface area (Å²) >= 11 is 0. The van der Waals surface area contributed by atoms with Crippen molar-refractivity contribution in [2.75, 3.05) is 12.3 Å². The number of rotatable bonds is 7. The molecule has 1 fully saturated rings. The van der Waals surface area contributed by atoms with Crippen molar-refractivity contribution in [2.24, 2.45) is 0 Å². The van der Waals surface area contributed by atoms with E-state index in [0.717, 1.165) is 30.4 Å². The zero-order valence-electron chi connectivity index (χ0n) is 13.7. The molecule has 3 rings (SSSR count). The molecule has 4 heteroatoms. The molecule has 1 N–H and O–H groups in total. The van der Waals surface area contributed by atoms with Crippen LogP contribution in [0.25, 0.3) is 0 Å². The highest BCUT2D eigenvalue weighted by Gasteiger charge is 2.45. The lowest BCUT2D eigenvalue weighted by Gasteiger charge is -2.40. The van der Waals surface area contributed by atoms with Crippen LogP contribution in [0, 0.1) is 0 Å². The molecule has 3 nitrogen and oxygen atoms in total. The van der Waals surface area contributed by atoms with Gasteiger partial charge in [0.05, 0.1) is 5.41 Å². The van der Waals surface area contributed by atoms with Crippen molar-refractivity contribution in [1.29, 1.82) is 0 Å². The van der Waals surface area contributed by atoms with Crippen LogP contribution >= 0.6 is 0 Å². The maximum Gasteiger partial charge on any atom is 0.230 e. The fraction of sp³-hybridized carbons (Fsp3) is 0.350. The largest absolute Gasteiger partial charge is 0.354 e. The van der Waals surface area contributed by atoms with Crippen molar-refractivity contribution < 1.29 is 9.00 Å². The molecule has 24 heavy (non-hydrogen) atoms. The molecule has 0 unspecified atom stereocenters. The number of hydrogen-bond donors (Lipinski definition) is 1. The molecule has 0 saturated heterocycles. The van der Waals surface area contributed by atoms with Gasteiger partial charge in [-0.05, 0) is 24.0 Å². The predicted molar refractivity (Wildman–Crippen MR) is 98.1 cm³/mol. The van der Waals surface area contributed by atoms with Crippen molar-refractivity contribution in [2.45, 2.75) is 30.4 Å². The van der Waals surface area contributed by atoms with Crippen molar-refractivity contribution >= 4 is 16.7 Å². The Morgan fingerprint density at radius 1 is 1.00 bits per heavy atom. The van der Waals surface area contributed by atoms with Gasteiger partial charge in [-0.25, -0.2) is 0 Å². The summed E-state index contributed by atoms with van der Waals surface area (Å²) in [6, 6.07) is 19.8. The van der Waals surface area contributed by atoms with E-state index in [1.165, 1.54) is 0 Å². The topological polar surface area (TPSA) is 46.2 Å². The van der Waals surface area contributed by atoms with Gasteiger partial charge in [0.1, 0.15) is 0 Å². The van der Waals surface area contributed by atoms with E-state index in [-0.39, 0.29) is 11.3 Å². The zero-order valence-corrected chi connectivity index (χ0v) is 14.6. The van der Waals surface area contributed by atoms with Crippen LogP contribution in [-0.2, 0) is 26.8 Å². The highest BCUT2D eigenvalue weighted by atomic mass is 32.2. The lowest BCUT2D eigenvalue weighted by Crippen LogP contribution is -2.49. The zero-order chi connectivity index (χ0) is 16.8. The first-order chi connectivity index (χ1) is 11.7. The summed E-state index contributed by atoms with van der Waals surface area (Å²) in [5.74, 6) is 1.11. The SMILES string of the molecule is O=C(NCC[S@](=O)Cc1ccccc1)C1(c2ccccc2)CCC1. The average Bonchev–Trinajstić information content (AvgIpc) is 2.56. The lowest BCUT2D eigenvalue weighted by atomic mass is 9.64. The van der Waals surface area contributed by atoms with E-state index >= 15 is 0 Å². The van der Waals surface area contributed by atoms with Gasteiger partial charge in [-0.1, -0.05) is 67.1 Å². The van der Waals surface area contributed by atoms with E-state index in [1.54, 1.807) is 0 Å². The fourth-order valence-electron chi connectivity index (χ4n) is 3.21. The Morgan fingerprint density at radius 3 is 2.21 bits per heavy atom. The van der Waals surface area contributed by atoms with Crippen LogP contribution in [0.15, 0.2) is 60.7 Å². The first-order valence-electron chi connectivity index (χ1n) is 8.43. The van der Waals surface area contributed by atoms with Crippen LogP contribution in [-0.4, -0.2) is 22.4 Å². The van der Waals surface area contributed by atoms with E-state index in [0.29, 0.717) is 18.1 Å². The summed E-state index contributed by atoms with van der Waals surface area (Å²) in [5.41, 5.74) is 1.79. The third-order valence-corrected chi connectivity index (χ3v) is 6.07.